The molecule has 0 aliphatic heterocycles. The summed E-state index contributed by atoms with van der Waals surface area (Å²) in [6, 6.07) is 10.6. The van der Waals surface area contributed by atoms with E-state index in [1.807, 2.05) is 10.5 Å². The maximum Gasteiger partial charge on any atom is 0.389 e. The number of nitrogens with zero attached hydrogens (tertiary/aromatic N) is 3. The van der Waals surface area contributed by atoms with Crippen LogP contribution < -0.4 is 0 Å². The molecule has 0 radical (unpaired) electrons. The van der Waals surface area contributed by atoms with Crippen molar-refractivity contribution in [1.82, 2.24) is 9.38 Å². The lowest BCUT2D eigenvalue weighted by Gasteiger charge is -2.07. The van der Waals surface area contributed by atoms with Crippen LogP contribution in [0, 0.1) is 0 Å². The Labute approximate surface area is 181 Å². The van der Waals surface area contributed by atoms with E-state index in [0.717, 1.165) is 11.3 Å². The van der Waals surface area contributed by atoms with Crippen molar-refractivity contribution < 1.29 is 32.7 Å². The number of fused-ring (bicyclic) bond motifs is 1. The SMILES string of the molecule is O=C(O)CCON=Cc1ccn2c(-c3cccc(CC(=O)CCC(F)(F)F)c3)cnc2c1. The zero-order chi connectivity index (χ0) is 23.1. The van der Waals surface area contributed by atoms with E-state index in [1.54, 1.807) is 42.7 Å². The van der Waals surface area contributed by atoms with E-state index in [0.29, 0.717) is 16.8 Å². The molecule has 1 aromatic carbocycles. The number of Topliss-reactive ketones (excluding diaryl/α,β-unsaturated/α-hetero) is 1. The number of carbonyl (C=O) groups is 2. The topological polar surface area (TPSA) is 93.3 Å². The molecule has 0 aliphatic carbocycles. The molecule has 3 rings (SSSR count). The van der Waals surface area contributed by atoms with Gasteiger partial charge >= 0.3 is 12.1 Å². The molecule has 10 heteroatoms. The fourth-order valence-electron chi connectivity index (χ4n) is 3.01. The molecule has 2 aromatic heterocycles. The van der Waals surface area contributed by atoms with Gasteiger partial charge in [0.1, 0.15) is 18.0 Å². The van der Waals surface area contributed by atoms with Crippen LogP contribution in [0.3, 0.4) is 0 Å². The van der Waals surface area contributed by atoms with E-state index in [2.05, 4.69) is 10.1 Å². The largest absolute Gasteiger partial charge is 0.481 e. The number of ketones is 1. The van der Waals surface area contributed by atoms with Gasteiger partial charge in [-0.3, -0.25) is 14.0 Å². The van der Waals surface area contributed by atoms with Gasteiger partial charge in [0.15, 0.2) is 0 Å². The number of halogens is 3. The van der Waals surface area contributed by atoms with Crippen LogP contribution in [0.25, 0.3) is 16.9 Å². The summed E-state index contributed by atoms with van der Waals surface area (Å²) < 4.78 is 38.8. The summed E-state index contributed by atoms with van der Waals surface area (Å²) in [7, 11) is 0. The van der Waals surface area contributed by atoms with Crippen LogP contribution in [0.4, 0.5) is 13.2 Å². The average Bonchev–Trinajstić information content (AvgIpc) is 3.15. The third-order valence-corrected chi connectivity index (χ3v) is 4.53. The molecular formula is C22H20F3N3O4. The van der Waals surface area contributed by atoms with Gasteiger partial charge in [-0.05, 0) is 23.8 Å². The van der Waals surface area contributed by atoms with E-state index in [4.69, 9.17) is 9.94 Å². The van der Waals surface area contributed by atoms with E-state index in [1.165, 1.54) is 6.21 Å². The van der Waals surface area contributed by atoms with Crippen LogP contribution in [-0.2, 0) is 20.8 Å². The lowest BCUT2D eigenvalue weighted by molar-refractivity contribution is -0.143. The first-order chi connectivity index (χ1) is 15.2. The highest BCUT2D eigenvalue weighted by molar-refractivity contribution is 5.82. The monoisotopic (exact) mass is 447 g/mol. The average molecular weight is 447 g/mol. The third-order valence-electron chi connectivity index (χ3n) is 4.53. The van der Waals surface area contributed by atoms with Crippen LogP contribution >= 0.6 is 0 Å². The van der Waals surface area contributed by atoms with Gasteiger partial charge in [-0.1, -0.05) is 23.4 Å². The first-order valence-electron chi connectivity index (χ1n) is 9.73. The predicted molar refractivity (Wildman–Crippen MR) is 110 cm³/mol. The van der Waals surface area contributed by atoms with Gasteiger partial charge in [-0.15, -0.1) is 0 Å². The normalized spacial score (nSPS) is 11.8. The molecule has 0 amide bonds. The fraction of sp³-hybridized carbons (Fsp3) is 0.273. The van der Waals surface area contributed by atoms with Crippen molar-refractivity contribution >= 4 is 23.6 Å². The summed E-state index contributed by atoms with van der Waals surface area (Å²) >= 11 is 0. The quantitative estimate of drug-likeness (QED) is 0.285. The Kier molecular flexibility index (Phi) is 7.24. The van der Waals surface area contributed by atoms with Crippen molar-refractivity contribution in [3.63, 3.8) is 0 Å². The lowest BCUT2D eigenvalue weighted by atomic mass is 10.0. The number of alkyl halides is 3. The molecule has 0 bridgehead atoms. The van der Waals surface area contributed by atoms with Crippen molar-refractivity contribution in [3.8, 4) is 11.3 Å². The second kappa shape index (κ2) is 10.1. The van der Waals surface area contributed by atoms with Gasteiger partial charge in [0.2, 0.25) is 0 Å². The fourth-order valence-corrected chi connectivity index (χ4v) is 3.01. The minimum absolute atomic E-state index is 0.0311. The number of carbonyl (C=O) groups excluding carboxylic acids is 1. The molecule has 0 saturated carbocycles. The molecule has 32 heavy (non-hydrogen) atoms. The van der Waals surface area contributed by atoms with Gasteiger partial charge < -0.3 is 9.94 Å². The number of rotatable bonds is 10. The summed E-state index contributed by atoms with van der Waals surface area (Å²) in [5.74, 6) is -1.44. The maximum absolute atomic E-state index is 12.3. The van der Waals surface area contributed by atoms with Crippen molar-refractivity contribution in [3.05, 3.63) is 59.9 Å². The maximum atomic E-state index is 12.3. The highest BCUT2D eigenvalue weighted by Gasteiger charge is 2.27. The van der Waals surface area contributed by atoms with Gasteiger partial charge in [0.05, 0.1) is 30.9 Å². The van der Waals surface area contributed by atoms with Crippen molar-refractivity contribution in [2.24, 2.45) is 5.16 Å². The minimum atomic E-state index is -4.35. The highest BCUT2D eigenvalue weighted by Crippen LogP contribution is 2.24. The zero-order valence-corrected chi connectivity index (χ0v) is 16.9. The highest BCUT2D eigenvalue weighted by atomic mass is 19.4. The van der Waals surface area contributed by atoms with E-state index in [-0.39, 0.29) is 19.4 Å². The minimum Gasteiger partial charge on any atom is -0.481 e. The van der Waals surface area contributed by atoms with Crippen LogP contribution in [0.5, 0.6) is 0 Å². The number of hydrogen-bond acceptors (Lipinski definition) is 5. The van der Waals surface area contributed by atoms with Gasteiger partial charge in [-0.2, -0.15) is 13.2 Å². The van der Waals surface area contributed by atoms with E-state index in [9.17, 15) is 22.8 Å². The van der Waals surface area contributed by atoms with E-state index >= 15 is 0 Å². The summed E-state index contributed by atoms with van der Waals surface area (Å²) in [6.45, 7) is -0.0311. The first kappa shape index (κ1) is 23.0. The Hall–Kier alpha value is -3.69. The summed E-state index contributed by atoms with van der Waals surface area (Å²) in [5.41, 5.74) is 3.49. The Balaban J connectivity index is 1.70. The molecule has 0 spiro atoms. The molecule has 0 saturated heterocycles. The summed E-state index contributed by atoms with van der Waals surface area (Å²) in [5, 5.41) is 12.3. The summed E-state index contributed by atoms with van der Waals surface area (Å²) in [6.07, 6.45) is -1.33. The number of aromatic nitrogens is 2. The number of oxime groups is 1. The Morgan fingerprint density at radius 3 is 2.75 bits per heavy atom. The van der Waals surface area contributed by atoms with E-state index < -0.39 is 30.8 Å². The van der Waals surface area contributed by atoms with Crippen LogP contribution in [0.15, 0.2) is 53.9 Å². The van der Waals surface area contributed by atoms with Crippen LogP contribution in [0.2, 0.25) is 0 Å². The number of aliphatic carboxylic acids is 1. The number of pyridine rings is 1. The third kappa shape index (κ3) is 6.66. The number of carboxylic acids is 1. The molecule has 0 unspecified atom stereocenters. The first-order valence-corrected chi connectivity index (χ1v) is 9.73. The molecule has 0 aliphatic rings. The number of imidazole rings is 1. The second-order valence-corrected chi connectivity index (χ2v) is 7.07. The predicted octanol–water partition coefficient (Wildman–Crippen LogP) is 4.28. The Morgan fingerprint density at radius 1 is 1.19 bits per heavy atom. The van der Waals surface area contributed by atoms with Gasteiger partial charge in [0, 0.05) is 30.2 Å². The molecule has 3 aromatic rings. The molecule has 0 atom stereocenters. The van der Waals surface area contributed by atoms with Gasteiger partial charge in [0.25, 0.3) is 0 Å². The van der Waals surface area contributed by atoms with Crippen molar-refractivity contribution in [2.45, 2.75) is 31.9 Å². The Bertz CT molecular complexity index is 1140. The van der Waals surface area contributed by atoms with Crippen molar-refractivity contribution in [1.29, 1.82) is 0 Å². The molecule has 0 fully saturated rings. The standard InChI is InChI=1S/C22H20F3N3O4/c23-22(24,25)7-4-18(29)11-15-2-1-3-17(10-15)19-14-26-20-12-16(5-8-28(19)20)13-27-32-9-6-21(30)31/h1-3,5,8,10,12-14H,4,6-7,9,11H2,(H,30,31). The molecule has 168 valence electrons. The van der Waals surface area contributed by atoms with Gasteiger partial charge in [-0.25, -0.2) is 4.98 Å². The molecule has 1 N–H and O–H groups in total. The van der Waals surface area contributed by atoms with Crippen LogP contribution in [-0.4, -0.2) is 45.2 Å². The number of hydrogen-bond donors (Lipinski definition) is 1. The zero-order valence-electron chi connectivity index (χ0n) is 16.9. The molecule has 2 heterocycles. The smallest absolute Gasteiger partial charge is 0.389 e. The van der Waals surface area contributed by atoms with Crippen LogP contribution in [0.1, 0.15) is 30.4 Å². The summed E-state index contributed by atoms with van der Waals surface area (Å²) in [4.78, 5) is 31.6. The molecule has 7 nitrogen and oxygen atoms in total. The Morgan fingerprint density at radius 2 is 2.00 bits per heavy atom. The second-order valence-electron chi connectivity index (χ2n) is 7.07. The molecular weight excluding hydrogens is 427 g/mol. The van der Waals surface area contributed by atoms with Crippen molar-refractivity contribution in [2.75, 3.05) is 6.61 Å². The number of benzene rings is 1. The number of carboxylic acid groups (broad SMARTS) is 1. The lowest BCUT2D eigenvalue weighted by Crippen LogP contribution is -2.12.